The van der Waals surface area contributed by atoms with E-state index in [1.54, 1.807) is 0 Å². The minimum atomic E-state index is -0.449. The Hall–Kier alpha value is -0.610. The number of carbonyl (C=O) groups excluding carboxylic acids is 1. The molecule has 2 heterocycles. The minimum Gasteiger partial charge on any atom is -0.336 e. The van der Waals surface area contributed by atoms with E-state index in [-0.39, 0.29) is 5.91 Å². The molecule has 98 valence electrons. The molecular weight excluding hydrogens is 214 g/mol. The number of nitrogens with zero attached hydrogens (tertiary/aromatic N) is 2. The van der Waals surface area contributed by atoms with E-state index in [0.717, 1.165) is 13.1 Å². The molecule has 0 aromatic heterocycles. The predicted molar refractivity (Wildman–Crippen MR) is 68.9 cm³/mol. The zero-order valence-electron chi connectivity index (χ0n) is 11.5. The highest BCUT2D eigenvalue weighted by molar-refractivity contribution is 5.85. The molecule has 4 heteroatoms. The van der Waals surface area contributed by atoms with Crippen LogP contribution in [0.25, 0.3) is 0 Å². The molecule has 0 saturated carbocycles. The van der Waals surface area contributed by atoms with E-state index in [1.165, 1.54) is 19.4 Å². The van der Waals surface area contributed by atoms with Gasteiger partial charge in [-0.1, -0.05) is 0 Å². The van der Waals surface area contributed by atoms with Gasteiger partial charge in [0, 0.05) is 25.2 Å². The molecular formula is C13H25N3O. The average molecular weight is 239 g/mol. The molecule has 2 aliphatic heterocycles. The van der Waals surface area contributed by atoms with Gasteiger partial charge in [-0.15, -0.1) is 0 Å². The van der Waals surface area contributed by atoms with Crippen molar-refractivity contribution < 1.29 is 4.79 Å². The van der Waals surface area contributed by atoms with Crippen LogP contribution in [0.3, 0.4) is 0 Å². The third kappa shape index (κ3) is 2.33. The molecule has 2 rings (SSSR count). The van der Waals surface area contributed by atoms with Crippen molar-refractivity contribution in [3.8, 4) is 0 Å². The lowest BCUT2D eigenvalue weighted by Crippen LogP contribution is -2.62. The number of hydrogen-bond acceptors (Lipinski definition) is 3. The highest BCUT2D eigenvalue weighted by Gasteiger charge is 2.40. The molecule has 0 aromatic rings. The lowest BCUT2D eigenvalue weighted by Gasteiger charge is -2.45. The summed E-state index contributed by atoms with van der Waals surface area (Å²) in [6.07, 6.45) is 2.53. The molecule has 0 bridgehead atoms. The standard InChI is InChI=1S/C13H25N3O/c1-10-8-15-7-5-6-11(15)9-16(10)12(17)13(2,3)14-4/h10-11,14H,5-9H2,1-4H3. The number of likely N-dealkylation sites (N-methyl/N-ethyl adjacent to an activating group) is 1. The lowest BCUT2D eigenvalue weighted by atomic mass is 10.00. The number of nitrogens with one attached hydrogen (secondary N) is 1. The lowest BCUT2D eigenvalue weighted by molar-refractivity contribution is -0.142. The van der Waals surface area contributed by atoms with Crippen LogP contribution in [0.1, 0.15) is 33.6 Å². The van der Waals surface area contributed by atoms with Gasteiger partial charge in [0.25, 0.3) is 0 Å². The molecule has 1 N–H and O–H groups in total. The maximum Gasteiger partial charge on any atom is 0.242 e. The first-order valence-corrected chi connectivity index (χ1v) is 6.69. The Labute approximate surface area is 104 Å². The Bertz CT molecular complexity index is 303. The highest BCUT2D eigenvalue weighted by Crippen LogP contribution is 2.26. The van der Waals surface area contributed by atoms with Gasteiger partial charge in [-0.3, -0.25) is 9.69 Å². The quantitative estimate of drug-likeness (QED) is 0.770. The van der Waals surface area contributed by atoms with Gasteiger partial charge in [-0.05, 0) is 47.2 Å². The normalized spacial score (nSPS) is 30.5. The molecule has 17 heavy (non-hydrogen) atoms. The molecule has 2 fully saturated rings. The fourth-order valence-corrected chi connectivity index (χ4v) is 2.94. The summed E-state index contributed by atoms with van der Waals surface area (Å²) in [5, 5.41) is 3.11. The molecule has 2 saturated heterocycles. The van der Waals surface area contributed by atoms with Crippen LogP contribution in [0, 0.1) is 0 Å². The largest absolute Gasteiger partial charge is 0.336 e. The molecule has 1 amide bonds. The van der Waals surface area contributed by atoms with Crippen molar-refractivity contribution in [3.05, 3.63) is 0 Å². The number of piperazine rings is 1. The fourth-order valence-electron chi connectivity index (χ4n) is 2.94. The molecule has 2 unspecified atom stereocenters. The zero-order valence-corrected chi connectivity index (χ0v) is 11.5. The van der Waals surface area contributed by atoms with Crippen molar-refractivity contribution in [2.75, 3.05) is 26.7 Å². The molecule has 0 radical (unpaired) electrons. The highest BCUT2D eigenvalue weighted by atomic mass is 16.2. The molecule has 0 aliphatic carbocycles. The second-order valence-electron chi connectivity index (χ2n) is 5.97. The van der Waals surface area contributed by atoms with Gasteiger partial charge in [0.1, 0.15) is 0 Å². The molecule has 4 nitrogen and oxygen atoms in total. The minimum absolute atomic E-state index is 0.235. The summed E-state index contributed by atoms with van der Waals surface area (Å²) >= 11 is 0. The van der Waals surface area contributed by atoms with Crippen molar-refractivity contribution in [1.82, 2.24) is 15.1 Å². The second kappa shape index (κ2) is 4.58. The van der Waals surface area contributed by atoms with Crippen molar-refractivity contribution in [2.45, 2.75) is 51.2 Å². The maximum absolute atomic E-state index is 12.5. The van der Waals surface area contributed by atoms with E-state index in [2.05, 4.69) is 22.0 Å². The summed E-state index contributed by atoms with van der Waals surface area (Å²) in [6, 6.07) is 0.937. The molecule has 2 aliphatic rings. The van der Waals surface area contributed by atoms with Gasteiger partial charge in [-0.2, -0.15) is 0 Å². The van der Waals surface area contributed by atoms with Crippen molar-refractivity contribution in [2.24, 2.45) is 0 Å². The third-order valence-corrected chi connectivity index (χ3v) is 4.36. The first-order valence-electron chi connectivity index (χ1n) is 6.69. The summed E-state index contributed by atoms with van der Waals surface area (Å²) in [6.45, 7) is 9.25. The summed E-state index contributed by atoms with van der Waals surface area (Å²) < 4.78 is 0. The van der Waals surface area contributed by atoms with Gasteiger partial charge in [-0.25, -0.2) is 0 Å². The fraction of sp³-hybridized carbons (Fsp3) is 0.923. The van der Waals surface area contributed by atoms with Gasteiger partial charge < -0.3 is 10.2 Å². The SMILES string of the molecule is CNC(C)(C)C(=O)N1CC2CCCN2CC1C. The summed E-state index contributed by atoms with van der Waals surface area (Å²) in [4.78, 5) is 17.1. The number of amides is 1. The first-order chi connectivity index (χ1) is 7.95. The van der Waals surface area contributed by atoms with Crippen LogP contribution in [0.2, 0.25) is 0 Å². The third-order valence-electron chi connectivity index (χ3n) is 4.36. The van der Waals surface area contributed by atoms with E-state index in [4.69, 9.17) is 0 Å². The van der Waals surface area contributed by atoms with Gasteiger partial charge in [0.05, 0.1) is 5.54 Å². The van der Waals surface area contributed by atoms with Crippen LogP contribution in [-0.2, 0) is 4.79 Å². The Morgan fingerprint density at radius 3 is 2.71 bits per heavy atom. The van der Waals surface area contributed by atoms with Crippen molar-refractivity contribution >= 4 is 5.91 Å². The van der Waals surface area contributed by atoms with Gasteiger partial charge in [0.15, 0.2) is 0 Å². The van der Waals surface area contributed by atoms with Crippen molar-refractivity contribution in [1.29, 1.82) is 0 Å². The average Bonchev–Trinajstić information content (AvgIpc) is 2.73. The van der Waals surface area contributed by atoms with Crippen LogP contribution in [0.5, 0.6) is 0 Å². The molecule has 0 aromatic carbocycles. The number of carbonyl (C=O) groups is 1. The van der Waals surface area contributed by atoms with Crippen LogP contribution in [0.4, 0.5) is 0 Å². The Morgan fingerprint density at radius 2 is 2.06 bits per heavy atom. The van der Waals surface area contributed by atoms with Crippen LogP contribution in [-0.4, -0.2) is 60.0 Å². The monoisotopic (exact) mass is 239 g/mol. The van der Waals surface area contributed by atoms with E-state index < -0.39 is 5.54 Å². The van der Waals surface area contributed by atoms with Gasteiger partial charge in [0.2, 0.25) is 5.91 Å². The van der Waals surface area contributed by atoms with E-state index in [9.17, 15) is 4.79 Å². The van der Waals surface area contributed by atoms with E-state index in [1.807, 2.05) is 20.9 Å². The summed E-state index contributed by atoms with van der Waals surface area (Å²) in [5.41, 5.74) is -0.449. The molecule has 2 atom stereocenters. The summed E-state index contributed by atoms with van der Waals surface area (Å²) in [5.74, 6) is 0.235. The van der Waals surface area contributed by atoms with Crippen LogP contribution in [0.15, 0.2) is 0 Å². The number of hydrogen-bond donors (Lipinski definition) is 1. The van der Waals surface area contributed by atoms with Crippen LogP contribution >= 0.6 is 0 Å². The Kier molecular flexibility index (Phi) is 3.46. The van der Waals surface area contributed by atoms with Gasteiger partial charge >= 0.3 is 0 Å². The first kappa shape index (κ1) is 12.8. The van der Waals surface area contributed by atoms with Crippen LogP contribution < -0.4 is 5.32 Å². The van der Waals surface area contributed by atoms with E-state index in [0.29, 0.717) is 12.1 Å². The summed E-state index contributed by atoms with van der Waals surface area (Å²) in [7, 11) is 1.86. The maximum atomic E-state index is 12.5. The smallest absolute Gasteiger partial charge is 0.242 e. The zero-order chi connectivity index (χ0) is 12.6. The Morgan fingerprint density at radius 1 is 1.35 bits per heavy atom. The number of rotatable bonds is 2. The van der Waals surface area contributed by atoms with Crippen molar-refractivity contribution in [3.63, 3.8) is 0 Å². The topological polar surface area (TPSA) is 35.6 Å². The molecule has 0 spiro atoms. The Balaban J connectivity index is 2.08. The number of fused-ring (bicyclic) bond motifs is 1. The predicted octanol–water partition coefficient (Wildman–Crippen LogP) is 0.680. The second-order valence-corrected chi connectivity index (χ2v) is 5.97. The van der Waals surface area contributed by atoms with E-state index >= 15 is 0 Å².